The van der Waals surface area contributed by atoms with Crippen molar-refractivity contribution in [2.45, 2.75) is 39.5 Å². The van der Waals surface area contributed by atoms with Crippen molar-refractivity contribution in [3.8, 4) is 6.07 Å². The van der Waals surface area contributed by atoms with Crippen LogP contribution in [-0.4, -0.2) is 21.7 Å². The number of Topliss-reactive ketones (excluding diaryl/α,β-unsaturated/α-hetero) is 1. The number of hydrogen-bond donors (Lipinski definition) is 2. The summed E-state index contributed by atoms with van der Waals surface area (Å²) in [5, 5.41) is 11.5. The molecule has 2 heterocycles. The van der Waals surface area contributed by atoms with Gasteiger partial charge in [-0.1, -0.05) is 55.3 Å². The Balaban J connectivity index is 1.88. The van der Waals surface area contributed by atoms with Gasteiger partial charge in [0, 0.05) is 18.2 Å². The summed E-state index contributed by atoms with van der Waals surface area (Å²) in [6.07, 6.45) is 2.32. The number of aryl methyl sites for hydroxylation is 1. The van der Waals surface area contributed by atoms with Gasteiger partial charge in [-0.2, -0.15) is 5.26 Å². The lowest BCUT2D eigenvalue weighted by molar-refractivity contribution is -0.118. The number of hydrazine groups is 1. The van der Waals surface area contributed by atoms with Gasteiger partial charge in [-0.25, -0.2) is 9.99 Å². The molecule has 0 spiro atoms. The Morgan fingerprint density at radius 3 is 2.73 bits per heavy atom. The van der Waals surface area contributed by atoms with Crippen molar-refractivity contribution in [2.75, 3.05) is 0 Å². The lowest BCUT2D eigenvalue weighted by Crippen LogP contribution is -2.50. The second-order valence-corrected chi connectivity index (χ2v) is 9.54. The van der Waals surface area contributed by atoms with Crippen LogP contribution >= 0.6 is 11.6 Å². The largest absolute Gasteiger partial charge is 0.383 e. The number of carbonyl (C=O) groups is 2. The van der Waals surface area contributed by atoms with Crippen LogP contribution in [0, 0.1) is 23.7 Å². The number of nitrogens with zero attached hydrogens (tertiary/aromatic N) is 3. The number of nitrogens with two attached hydrogens (primary N) is 1. The molecule has 33 heavy (non-hydrogen) atoms. The van der Waals surface area contributed by atoms with Gasteiger partial charge < -0.3 is 5.73 Å². The molecule has 1 aromatic heterocycles. The highest BCUT2D eigenvalue weighted by Crippen LogP contribution is 2.48. The first-order chi connectivity index (χ1) is 15.6. The van der Waals surface area contributed by atoms with Crippen LogP contribution in [0.4, 0.5) is 0 Å². The molecule has 4 rings (SSSR count). The van der Waals surface area contributed by atoms with E-state index in [-0.39, 0.29) is 33.3 Å². The fourth-order valence-electron chi connectivity index (χ4n) is 4.54. The maximum absolute atomic E-state index is 13.4. The van der Waals surface area contributed by atoms with E-state index in [9.17, 15) is 14.9 Å². The molecule has 1 unspecified atom stereocenters. The Morgan fingerprint density at radius 1 is 1.30 bits per heavy atom. The molecule has 1 atom stereocenters. The minimum absolute atomic E-state index is 0.0435. The van der Waals surface area contributed by atoms with E-state index in [2.05, 4.69) is 16.5 Å². The molecule has 7 nitrogen and oxygen atoms in total. The summed E-state index contributed by atoms with van der Waals surface area (Å²) in [5.74, 6) is -1.11. The minimum atomic E-state index is -0.594. The van der Waals surface area contributed by atoms with Crippen LogP contribution in [0.1, 0.15) is 54.1 Å². The lowest BCUT2D eigenvalue weighted by atomic mass is 9.69. The summed E-state index contributed by atoms with van der Waals surface area (Å²) in [4.78, 5) is 30.4. The van der Waals surface area contributed by atoms with Gasteiger partial charge in [-0.05, 0) is 36.5 Å². The summed E-state index contributed by atoms with van der Waals surface area (Å²) in [6.45, 7) is 5.94. The Bertz CT molecular complexity index is 1270. The number of pyridine rings is 1. The van der Waals surface area contributed by atoms with E-state index >= 15 is 0 Å². The molecule has 3 N–H and O–H groups in total. The fourth-order valence-corrected chi connectivity index (χ4v) is 4.74. The van der Waals surface area contributed by atoms with Crippen molar-refractivity contribution in [3.05, 3.63) is 87.1 Å². The van der Waals surface area contributed by atoms with Crippen LogP contribution in [0.25, 0.3) is 0 Å². The van der Waals surface area contributed by atoms with Crippen molar-refractivity contribution in [2.24, 2.45) is 11.1 Å². The van der Waals surface area contributed by atoms with Gasteiger partial charge in [0.05, 0.1) is 28.8 Å². The van der Waals surface area contributed by atoms with Gasteiger partial charge in [0.1, 0.15) is 11.0 Å². The quantitative estimate of drug-likeness (QED) is 0.665. The molecule has 0 radical (unpaired) electrons. The van der Waals surface area contributed by atoms with Crippen LogP contribution in [0.5, 0.6) is 0 Å². The van der Waals surface area contributed by atoms with Crippen LogP contribution in [-0.2, 0) is 4.79 Å². The third-order valence-electron chi connectivity index (χ3n) is 5.97. The molecule has 8 heteroatoms. The molecule has 168 valence electrons. The maximum Gasteiger partial charge on any atom is 0.273 e. The van der Waals surface area contributed by atoms with Gasteiger partial charge in [0.15, 0.2) is 5.78 Å². The molecule has 1 aromatic carbocycles. The molecule has 1 amide bonds. The van der Waals surface area contributed by atoms with Crippen LogP contribution in [0.15, 0.2) is 65.3 Å². The Kier molecular flexibility index (Phi) is 5.73. The van der Waals surface area contributed by atoms with E-state index in [1.54, 1.807) is 12.1 Å². The van der Waals surface area contributed by atoms with Crippen molar-refractivity contribution >= 4 is 23.3 Å². The predicted octanol–water partition coefficient (Wildman–Crippen LogP) is 4.12. The van der Waals surface area contributed by atoms with Gasteiger partial charge in [-0.3, -0.25) is 15.0 Å². The molecule has 1 aliphatic heterocycles. The first-order valence-corrected chi connectivity index (χ1v) is 10.9. The zero-order chi connectivity index (χ0) is 23.9. The Morgan fingerprint density at radius 2 is 2.06 bits per heavy atom. The highest BCUT2D eigenvalue weighted by Gasteiger charge is 2.45. The molecule has 0 bridgehead atoms. The van der Waals surface area contributed by atoms with Gasteiger partial charge in [0.25, 0.3) is 5.91 Å². The van der Waals surface area contributed by atoms with Gasteiger partial charge in [0.2, 0.25) is 0 Å². The number of benzene rings is 1. The highest BCUT2D eigenvalue weighted by atomic mass is 35.5. The van der Waals surface area contributed by atoms with E-state index < -0.39 is 11.8 Å². The number of allylic oxidation sites excluding steroid dienone is 3. The number of halogens is 1. The fraction of sp³-hybridized carbons (Fsp3) is 0.280. The summed E-state index contributed by atoms with van der Waals surface area (Å²) < 4.78 is 0. The topological polar surface area (TPSA) is 112 Å². The Labute approximate surface area is 197 Å². The second-order valence-electron chi connectivity index (χ2n) is 9.18. The molecule has 2 aromatic rings. The minimum Gasteiger partial charge on any atom is -0.383 e. The van der Waals surface area contributed by atoms with Crippen molar-refractivity contribution in [1.29, 1.82) is 5.26 Å². The standard InChI is InChI=1S/C25H24ClN5O2/c1-14-6-4-7-15(10-14)20-17(13-27)23(28)31(18-11-25(2,3)12-19(32)21(18)20)30-24(33)16-8-5-9-29-22(16)26/h4-10,20H,11-12,28H2,1-3H3,(H,30,33). The number of ketones is 1. The van der Waals surface area contributed by atoms with Crippen LogP contribution < -0.4 is 11.2 Å². The van der Waals surface area contributed by atoms with Crippen molar-refractivity contribution in [3.63, 3.8) is 0 Å². The first kappa shape index (κ1) is 22.6. The molecule has 0 saturated heterocycles. The average Bonchev–Trinajstić information content (AvgIpc) is 2.75. The highest BCUT2D eigenvalue weighted by molar-refractivity contribution is 6.32. The summed E-state index contributed by atoms with van der Waals surface area (Å²) in [7, 11) is 0. The van der Waals surface area contributed by atoms with E-state index in [0.29, 0.717) is 24.1 Å². The SMILES string of the molecule is Cc1cccc(C2C(C#N)=C(N)N(NC(=O)c3cccnc3Cl)C3=C2C(=O)CC(C)(C)C3)c1. The van der Waals surface area contributed by atoms with E-state index in [1.165, 1.54) is 11.2 Å². The van der Waals surface area contributed by atoms with E-state index in [4.69, 9.17) is 17.3 Å². The smallest absolute Gasteiger partial charge is 0.273 e. The van der Waals surface area contributed by atoms with Gasteiger partial charge >= 0.3 is 0 Å². The van der Waals surface area contributed by atoms with Crippen molar-refractivity contribution in [1.82, 2.24) is 15.4 Å². The number of aromatic nitrogens is 1. The van der Waals surface area contributed by atoms with Crippen LogP contribution in [0.2, 0.25) is 5.15 Å². The molecule has 1 aliphatic carbocycles. The van der Waals surface area contributed by atoms with Gasteiger partial charge in [-0.15, -0.1) is 0 Å². The molecule has 0 fully saturated rings. The van der Waals surface area contributed by atoms with E-state index in [1.807, 2.05) is 45.0 Å². The Hall–Kier alpha value is -3.63. The number of rotatable bonds is 3. The second kappa shape index (κ2) is 8.38. The van der Waals surface area contributed by atoms with Crippen LogP contribution in [0.3, 0.4) is 0 Å². The number of nitriles is 1. The zero-order valence-electron chi connectivity index (χ0n) is 18.6. The number of hydrogen-bond acceptors (Lipinski definition) is 6. The summed E-state index contributed by atoms with van der Waals surface area (Å²) in [5.41, 5.74) is 12.2. The molecular weight excluding hydrogens is 438 g/mol. The molecular formula is C25H24ClN5O2. The lowest BCUT2D eigenvalue weighted by Gasteiger charge is -2.43. The monoisotopic (exact) mass is 461 g/mol. The summed E-state index contributed by atoms with van der Waals surface area (Å²) >= 11 is 6.10. The average molecular weight is 462 g/mol. The predicted molar refractivity (Wildman–Crippen MR) is 124 cm³/mol. The maximum atomic E-state index is 13.4. The number of nitrogens with one attached hydrogen (secondary N) is 1. The van der Waals surface area contributed by atoms with Crippen molar-refractivity contribution < 1.29 is 9.59 Å². The first-order valence-electron chi connectivity index (χ1n) is 10.6. The number of carbonyl (C=O) groups excluding carboxylic acids is 2. The normalized spacial score (nSPS) is 19.8. The zero-order valence-corrected chi connectivity index (χ0v) is 19.4. The third kappa shape index (κ3) is 4.10. The van der Waals surface area contributed by atoms with E-state index in [0.717, 1.165) is 11.1 Å². The molecule has 0 saturated carbocycles. The molecule has 2 aliphatic rings. The number of amides is 1. The summed E-state index contributed by atoms with van der Waals surface area (Å²) in [6, 6.07) is 13.0. The third-order valence-corrected chi connectivity index (χ3v) is 6.27.